The van der Waals surface area contributed by atoms with Gasteiger partial charge in [0.1, 0.15) is 10.8 Å². The van der Waals surface area contributed by atoms with Gasteiger partial charge in [-0.2, -0.15) is 0 Å². The van der Waals surface area contributed by atoms with E-state index in [9.17, 15) is 0 Å². The fourth-order valence-electron chi connectivity index (χ4n) is 2.50. The summed E-state index contributed by atoms with van der Waals surface area (Å²) >= 11 is 1.68. The van der Waals surface area contributed by atoms with Crippen LogP contribution in [0.25, 0.3) is 0 Å². The Kier molecular flexibility index (Phi) is 7.03. The highest BCUT2D eigenvalue weighted by molar-refractivity contribution is 7.09. The summed E-state index contributed by atoms with van der Waals surface area (Å²) in [5, 5.41) is 9.97. The number of ether oxygens (including phenoxy) is 1. The second kappa shape index (κ2) is 9.03. The fraction of sp³-hybridized carbons (Fsp3) is 0.500. The fourth-order valence-corrected chi connectivity index (χ4v) is 3.40. The van der Waals surface area contributed by atoms with Crippen LogP contribution in [0.4, 0.5) is 0 Å². The predicted octanol–water partition coefficient (Wildman–Crippen LogP) is 3.92. The van der Waals surface area contributed by atoms with Crippen LogP contribution in [0, 0.1) is 0 Å². The van der Waals surface area contributed by atoms with E-state index >= 15 is 0 Å². The van der Waals surface area contributed by atoms with Gasteiger partial charge in [-0.3, -0.25) is 4.99 Å². The summed E-state index contributed by atoms with van der Waals surface area (Å²) in [5.41, 5.74) is 2.31. The molecule has 0 spiro atoms. The van der Waals surface area contributed by atoms with E-state index in [4.69, 9.17) is 4.74 Å². The summed E-state index contributed by atoms with van der Waals surface area (Å²) in [6.07, 6.45) is 0. The monoisotopic (exact) mass is 374 g/mol. The minimum atomic E-state index is -0.0574. The average molecular weight is 375 g/mol. The van der Waals surface area contributed by atoms with Gasteiger partial charge in [-0.15, -0.1) is 11.3 Å². The second-order valence-electron chi connectivity index (χ2n) is 7.22. The van der Waals surface area contributed by atoms with Crippen LogP contribution in [0.5, 0.6) is 5.75 Å². The van der Waals surface area contributed by atoms with Gasteiger partial charge in [-0.25, -0.2) is 4.98 Å². The van der Waals surface area contributed by atoms with E-state index in [1.165, 1.54) is 5.56 Å². The molecule has 0 fully saturated rings. The van der Waals surface area contributed by atoms with Crippen LogP contribution in [0.15, 0.2) is 34.6 Å². The molecule has 0 atom stereocenters. The Bertz CT molecular complexity index is 737. The summed E-state index contributed by atoms with van der Waals surface area (Å²) in [7, 11) is 3.48. The molecule has 0 saturated heterocycles. The zero-order chi connectivity index (χ0) is 19.2. The summed E-state index contributed by atoms with van der Waals surface area (Å²) in [4.78, 5) is 8.97. The van der Waals surface area contributed by atoms with Crippen LogP contribution in [0.3, 0.4) is 0 Å². The van der Waals surface area contributed by atoms with Crippen LogP contribution in [0.2, 0.25) is 0 Å². The molecule has 0 bridgehead atoms. The SMILES string of the molecule is CN=C(NCc1nc(C(C)C)cs1)NCC(C)(C)c1cccc(OC)c1. The number of hydrogen-bond donors (Lipinski definition) is 2. The minimum absolute atomic E-state index is 0.0574. The molecule has 0 radical (unpaired) electrons. The molecular formula is C20H30N4OS. The van der Waals surface area contributed by atoms with Gasteiger partial charge in [0.25, 0.3) is 0 Å². The Balaban J connectivity index is 1.92. The van der Waals surface area contributed by atoms with Gasteiger partial charge in [0.15, 0.2) is 5.96 Å². The van der Waals surface area contributed by atoms with Crippen LogP contribution in [-0.2, 0) is 12.0 Å². The average Bonchev–Trinajstić information content (AvgIpc) is 3.11. The molecule has 1 aromatic heterocycles. The lowest BCUT2D eigenvalue weighted by Crippen LogP contribution is -2.43. The number of aliphatic imine (C=N–C) groups is 1. The van der Waals surface area contributed by atoms with Crippen molar-refractivity contribution in [1.82, 2.24) is 15.6 Å². The maximum Gasteiger partial charge on any atom is 0.191 e. The van der Waals surface area contributed by atoms with Gasteiger partial charge in [0.2, 0.25) is 0 Å². The largest absolute Gasteiger partial charge is 0.497 e. The van der Waals surface area contributed by atoms with Crippen molar-refractivity contribution in [3.8, 4) is 5.75 Å². The molecule has 2 N–H and O–H groups in total. The molecule has 1 aromatic carbocycles. The van der Waals surface area contributed by atoms with E-state index in [2.05, 4.69) is 65.8 Å². The van der Waals surface area contributed by atoms with E-state index in [1.54, 1.807) is 25.5 Å². The van der Waals surface area contributed by atoms with Crippen molar-refractivity contribution in [2.24, 2.45) is 4.99 Å². The molecule has 0 saturated carbocycles. The summed E-state index contributed by atoms with van der Waals surface area (Å²) in [5.74, 6) is 2.12. The van der Waals surface area contributed by atoms with Crippen LogP contribution < -0.4 is 15.4 Å². The zero-order valence-corrected chi connectivity index (χ0v) is 17.4. The second-order valence-corrected chi connectivity index (χ2v) is 8.16. The summed E-state index contributed by atoms with van der Waals surface area (Å²) < 4.78 is 5.34. The van der Waals surface area contributed by atoms with E-state index in [0.29, 0.717) is 12.5 Å². The molecule has 2 aromatic rings. The molecule has 6 heteroatoms. The molecule has 142 valence electrons. The number of nitrogens with one attached hydrogen (secondary N) is 2. The molecule has 1 heterocycles. The number of benzene rings is 1. The van der Waals surface area contributed by atoms with Crippen molar-refractivity contribution < 1.29 is 4.74 Å². The first-order valence-electron chi connectivity index (χ1n) is 8.89. The van der Waals surface area contributed by atoms with Gasteiger partial charge >= 0.3 is 0 Å². The van der Waals surface area contributed by atoms with E-state index in [1.807, 2.05) is 12.1 Å². The zero-order valence-electron chi connectivity index (χ0n) is 16.6. The Morgan fingerprint density at radius 1 is 1.31 bits per heavy atom. The molecule has 26 heavy (non-hydrogen) atoms. The normalized spacial score (nSPS) is 12.3. The lowest BCUT2D eigenvalue weighted by atomic mass is 9.84. The highest BCUT2D eigenvalue weighted by Crippen LogP contribution is 2.25. The van der Waals surface area contributed by atoms with Gasteiger partial charge in [-0.1, -0.05) is 39.8 Å². The third-order valence-corrected chi connectivity index (χ3v) is 5.21. The van der Waals surface area contributed by atoms with Crippen molar-refractivity contribution in [3.05, 3.63) is 45.9 Å². The lowest BCUT2D eigenvalue weighted by molar-refractivity contribution is 0.411. The van der Waals surface area contributed by atoms with E-state index in [0.717, 1.165) is 29.0 Å². The maximum absolute atomic E-state index is 5.34. The van der Waals surface area contributed by atoms with Crippen LogP contribution in [0.1, 0.15) is 49.9 Å². The van der Waals surface area contributed by atoms with Crippen LogP contribution in [-0.4, -0.2) is 31.6 Å². The van der Waals surface area contributed by atoms with Crippen molar-refractivity contribution >= 4 is 17.3 Å². The standard InChI is InChI=1S/C20H30N4OS/c1-14(2)17-12-26-18(24-17)11-22-19(21-5)23-13-20(3,4)15-8-7-9-16(10-15)25-6/h7-10,12,14H,11,13H2,1-6H3,(H2,21,22,23). The molecule has 0 unspecified atom stereocenters. The first kappa shape index (κ1) is 20.2. The Morgan fingerprint density at radius 2 is 2.08 bits per heavy atom. The molecule has 2 rings (SSSR count). The number of rotatable bonds is 7. The molecule has 0 amide bonds. The smallest absolute Gasteiger partial charge is 0.191 e. The van der Waals surface area contributed by atoms with Gasteiger partial charge in [0, 0.05) is 24.4 Å². The number of thiazole rings is 1. The van der Waals surface area contributed by atoms with E-state index in [-0.39, 0.29) is 5.41 Å². The Hall–Kier alpha value is -2.08. The first-order chi connectivity index (χ1) is 12.4. The van der Waals surface area contributed by atoms with E-state index < -0.39 is 0 Å². The quantitative estimate of drug-likeness (QED) is 0.570. The first-order valence-corrected chi connectivity index (χ1v) is 9.77. The molecule has 5 nitrogen and oxygen atoms in total. The van der Waals surface area contributed by atoms with Gasteiger partial charge in [-0.05, 0) is 23.6 Å². The minimum Gasteiger partial charge on any atom is -0.497 e. The van der Waals surface area contributed by atoms with Crippen LogP contribution >= 0.6 is 11.3 Å². The van der Waals surface area contributed by atoms with Crippen molar-refractivity contribution in [2.75, 3.05) is 20.7 Å². The summed E-state index contributed by atoms with van der Waals surface area (Å²) in [6.45, 7) is 10.2. The van der Waals surface area contributed by atoms with Crippen molar-refractivity contribution in [3.63, 3.8) is 0 Å². The predicted molar refractivity (Wildman–Crippen MR) is 110 cm³/mol. The number of nitrogens with zero attached hydrogens (tertiary/aromatic N) is 2. The van der Waals surface area contributed by atoms with Gasteiger partial charge in [0.05, 0.1) is 19.3 Å². The highest BCUT2D eigenvalue weighted by Gasteiger charge is 2.21. The number of guanidine groups is 1. The van der Waals surface area contributed by atoms with Gasteiger partial charge < -0.3 is 15.4 Å². The maximum atomic E-state index is 5.34. The lowest BCUT2D eigenvalue weighted by Gasteiger charge is -2.27. The van der Waals surface area contributed by atoms with Crippen molar-refractivity contribution in [2.45, 2.75) is 45.6 Å². The molecule has 0 aliphatic carbocycles. The molecule has 0 aliphatic rings. The molecule has 0 aliphatic heterocycles. The highest BCUT2D eigenvalue weighted by atomic mass is 32.1. The Morgan fingerprint density at radius 3 is 2.69 bits per heavy atom. The number of hydrogen-bond acceptors (Lipinski definition) is 4. The Labute approximate surface area is 160 Å². The molecular weight excluding hydrogens is 344 g/mol. The van der Waals surface area contributed by atoms with Crippen molar-refractivity contribution in [1.29, 1.82) is 0 Å². The third kappa shape index (κ3) is 5.46. The summed E-state index contributed by atoms with van der Waals surface area (Å²) in [6, 6.07) is 8.20. The topological polar surface area (TPSA) is 58.5 Å². The third-order valence-electron chi connectivity index (χ3n) is 4.34. The number of methoxy groups -OCH3 is 1. The number of aromatic nitrogens is 1.